The molecule has 0 bridgehead atoms. The average molecular weight is 370 g/mol. The summed E-state index contributed by atoms with van der Waals surface area (Å²) in [6.45, 7) is 7.03. The first-order valence-electron chi connectivity index (χ1n) is 8.89. The zero-order valence-electron chi connectivity index (χ0n) is 15.6. The molecular formula is C19H22N4O4. The Bertz CT molecular complexity index is 921. The summed E-state index contributed by atoms with van der Waals surface area (Å²) < 4.78 is 15.8. The molecule has 0 spiro atoms. The molecule has 0 aliphatic heterocycles. The summed E-state index contributed by atoms with van der Waals surface area (Å²) in [4.78, 5) is 20.4. The van der Waals surface area contributed by atoms with Crippen LogP contribution in [0.3, 0.4) is 0 Å². The number of aromatic nitrogens is 3. The highest BCUT2D eigenvalue weighted by molar-refractivity contribution is 5.93. The Morgan fingerprint density at radius 3 is 2.67 bits per heavy atom. The van der Waals surface area contributed by atoms with Crippen molar-refractivity contribution < 1.29 is 18.8 Å². The van der Waals surface area contributed by atoms with E-state index in [2.05, 4.69) is 27.4 Å². The smallest absolute Gasteiger partial charge is 0.376 e. The van der Waals surface area contributed by atoms with Gasteiger partial charge in [0.25, 0.3) is 5.71 Å². The second-order valence-corrected chi connectivity index (χ2v) is 5.91. The Morgan fingerprint density at radius 2 is 1.96 bits per heavy atom. The van der Waals surface area contributed by atoms with Crippen LogP contribution in [0.4, 0.5) is 5.82 Å². The fourth-order valence-corrected chi connectivity index (χ4v) is 2.51. The molecule has 1 N–H and O–H groups in total. The molecule has 0 amide bonds. The van der Waals surface area contributed by atoms with Crippen LogP contribution in [0.15, 0.2) is 28.8 Å². The van der Waals surface area contributed by atoms with Crippen molar-refractivity contribution in [1.29, 1.82) is 0 Å². The van der Waals surface area contributed by atoms with Gasteiger partial charge in [-0.05, 0) is 38.0 Å². The molecule has 0 atom stereocenters. The summed E-state index contributed by atoms with van der Waals surface area (Å²) in [5.74, 6) is 0.651. The van der Waals surface area contributed by atoms with E-state index in [-0.39, 0.29) is 18.1 Å². The molecule has 3 rings (SSSR count). The van der Waals surface area contributed by atoms with Gasteiger partial charge in [0.15, 0.2) is 0 Å². The number of nitrogens with zero attached hydrogens (tertiary/aromatic N) is 3. The van der Waals surface area contributed by atoms with E-state index in [0.717, 1.165) is 17.7 Å². The van der Waals surface area contributed by atoms with Gasteiger partial charge in [-0.2, -0.15) is 4.98 Å². The van der Waals surface area contributed by atoms with Gasteiger partial charge in [-0.1, -0.05) is 24.2 Å². The van der Waals surface area contributed by atoms with Crippen molar-refractivity contribution in [2.45, 2.75) is 33.7 Å². The molecule has 0 aliphatic carbocycles. The Kier molecular flexibility index (Phi) is 5.85. The molecule has 142 valence electrons. The molecule has 2 heterocycles. The normalized spacial score (nSPS) is 10.8. The third kappa shape index (κ3) is 4.33. The molecule has 2 aromatic heterocycles. The summed E-state index contributed by atoms with van der Waals surface area (Å²) in [5, 5.41) is 7.79. The van der Waals surface area contributed by atoms with Crippen LogP contribution in [-0.4, -0.2) is 34.3 Å². The van der Waals surface area contributed by atoms with Crippen LogP contribution in [0.2, 0.25) is 0 Å². The highest BCUT2D eigenvalue weighted by Gasteiger charge is 2.19. The van der Waals surface area contributed by atoms with Crippen molar-refractivity contribution in [3.8, 4) is 5.75 Å². The number of benzene rings is 1. The van der Waals surface area contributed by atoms with Gasteiger partial charge in [-0.3, -0.25) is 0 Å². The summed E-state index contributed by atoms with van der Waals surface area (Å²) in [6.07, 6.45) is 0.966. The minimum atomic E-state index is -0.603. The van der Waals surface area contributed by atoms with E-state index in [4.69, 9.17) is 14.0 Å². The van der Waals surface area contributed by atoms with Crippen LogP contribution < -0.4 is 10.1 Å². The first-order valence-corrected chi connectivity index (χ1v) is 8.89. The Hall–Kier alpha value is -3.16. The average Bonchev–Trinajstić information content (AvgIpc) is 3.06. The predicted molar refractivity (Wildman–Crippen MR) is 99.8 cm³/mol. The number of ether oxygens (including phenoxy) is 2. The summed E-state index contributed by atoms with van der Waals surface area (Å²) in [5.41, 5.74) is 1.93. The number of hydrogen-bond donors (Lipinski definition) is 1. The van der Waals surface area contributed by atoms with Crippen LogP contribution >= 0.6 is 0 Å². The van der Waals surface area contributed by atoms with Gasteiger partial charge in [-0.15, -0.1) is 0 Å². The van der Waals surface area contributed by atoms with Crippen molar-refractivity contribution in [2.75, 3.05) is 18.5 Å². The van der Waals surface area contributed by atoms with Crippen molar-refractivity contribution in [2.24, 2.45) is 0 Å². The highest BCUT2D eigenvalue weighted by atomic mass is 16.5. The maximum Gasteiger partial charge on any atom is 0.376 e. The number of esters is 1. The molecule has 1 aromatic carbocycles. The molecule has 0 saturated heterocycles. The molecule has 0 radical (unpaired) electrons. The van der Waals surface area contributed by atoms with Gasteiger partial charge in [-0.25, -0.2) is 9.78 Å². The van der Waals surface area contributed by atoms with Crippen LogP contribution in [0.25, 0.3) is 11.1 Å². The molecule has 0 fully saturated rings. The van der Waals surface area contributed by atoms with Crippen LogP contribution in [0.1, 0.15) is 42.1 Å². The van der Waals surface area contributed by atoms with Crippen molar-refractivity contribution in [3.05, 3.63) is 41.3 Å². The van der Waals surface area contributed by atoms with Crippen molar-refractivity contribution >= 4 is 22.9 Å². The van der Waals surface area contributed by atoms with Crippen molar-refractivity contribution in [1.82, 2.24) is 15.1 Å². The molecular weight excluding hydrogens is 348 g/mol. The lowest BCUT2D eigenvalue weighted by Crippen LogP contribution is -2.12. The van der Waals surface area contributed by atoms with Crippen LogP contribution in [0.5, 0.6) is 5.75 Å². The van der Waals surface area contributed by atoms with Gasteiger partial charge in [0, 0.05) is 6.54 Å². The Balaban J connectivity index is 1.80. The Morgan fingerprint density at radius 1 is 1.19 bits per heavy atom. The van der Waals surface area contributed by atoms with Gasteiger partial charge in [0.1, 0.15) is 17.0 Å². The predicted octanol–water partition coefficient (Wildman–Crippen LogP) is 3.50. The maximum atomic E-state index is 12.0. The van der Waals surface area contributed by atoms with E-state index in [1.54, 1.807) is 13.8 Å². The molecule has 0 unspecified atom stereocenters. The minimum absolute atomic E-state index is 0.0636. The lowest BCUT2D eigenvalue weighted by molar-refractivity contribution is 0.0512. The van der Waals surface area contributed by atoms with Gasteiger partial charge < -0.3 is 19.3 Å². The first-order chi connectivity index (χ1) is 13.1. The molecule has 27 heavy (non-hydrogen) atoms. The molecule has 3 aromatic rings. The third-order valence-electron chi connectivity index (χ3n) is 3.82. The quantitative estimate of drug-likeness (QED) is 0.602. The molecule has 8 heteroatoms. The second-order valence-electron chi connectivity index (χ2n) is 5.91. The lowest BCUT2D eigenvalue weighted by Gasteiger charge is -2.09. The number of nitrogens with one attached hydrogen (secondary N) is 1. The second kappa shape index (κ2) is 8.48. The monoisotopic (exact) mass is 370 g/mol. The van der Waals surface area contributed by atoms with E-state index in [0.29, 0.717) is 30.0 Å². The number of aryl methyl sites for hydroxylation is 1. The number of hydrogen-bond acceptors (Lipinski definition) is 8. The zero-order valence-corrected chi connectivity index (χ0v) is 15.6. The standard InChI is InChI=1S/C19H22N4O4/c1-4-10-26-14-8-6-13(7-9-14)11-20-16-15-12(3)23-27-18(15)22-17(21-16)19(24)25-5-2/h6-9H,4-5,10-11H2,1-3H3,(H,20,21,22). The zero-order chi connectivity index (χ0) is 19.2. The van der Waals surface area contributed by atoms with E-state index in [1.807, 2.05) is 24.3 Å². The Labute approximate surface area is 156 Å². The van der Waals surface area contributed by atoms with E-state index < -0.39 is 5.97 Å². The maximum absolute atomic E-state index is 12.0. The number of rotatable bonds is 8. The minimum Gasteiger partial charge on any atom is -0.494 e. The van der Waals surface area contributed by atoms with E-state index in [9.17, 15) is 4.79 Å². The summed E-state index contributed by atoms with van der Waals surface area (Å²) in [6, 6.07) is 7.81. The largest absolute Gasteiger partial charge is 0.494 e. The van der Waals surface area contributed by atoms with E-state index >= 15 is 0 Å². The molecule has 0 saturated carbocycles. The number of carbonyl (C=O) groups excluding carboxylic acids is 1. The lowest BCUT2D eigenvalue weighted by atomic mass is 10.2. The highest BCUT2D eigenvalue weighted by Crippen LogP contribution is 2.24. The van der Waals surface area contributed by atoms with Crippen molar-refractivity contribution in [3.63, 3.8) is 0 Å². The number of anilines is 1. The van der Waals surface area contributed by atoms with E-state index in [1.165, 1.54) is 0 Å². The fourth-order valence-electron chi connectivity index (χ4n) is 2.51. The summed E-state index contributed by atoms with van der Waals surface area (Å²) in [7, 11) is 0. The molecule has 8 nitrogen and oxygen atoms in total. The number of carbonyl (C=O) groups is 1. The topological polar surface area (TPSA) is 99.4 Å². The number of fused-ring (bicyclic) bond motifs is 1. The van der Waals surface area contributed by atoms with Gasteiger partial charge >= 0.3 is 5.97 Å². The fraction of sp³-hybridized carbons (Fsp3) is 0.368. The SMILES string of the molecule is CCCOc1ccc(CNc2nc(C(=O)OCC)nc3onc(C)c23)cc1. The summed E-state index contributed by atoms with van der Waals surface area (Å²) >= 11 is 0. The third-order valence-corrected chi connectivity index (χ3v) is 3.82. The first kappa shape index (κ1) is 18.6. The molecule has 0 aliphatic rings. The van der Waals surface area contributed by atoms with Crippen LogP contribution in [0, 0.1) is 6.92 Å². The van der Waals surface area contributed by atoms with Crippen LogP contribution in [-0.2, 0) is 11.3 Å². The van der Waals surface area contributed by atoms with Gasteiger partial charge in [0.05, 0.1) is 18.9 Å². The van der Waals surface area contributed by atoms with Gasteiger partial charge in [0.2, 0.25) is 5.82 Å².